The fourth-order valence-electron chi connectivity index (χ4n) is 3.60. The lowest BCUT2D eigenvalue weighted by Crippen LogP contribution is -2.66. The van der Waals surface area contributed by atoms with Gasteiger partial charge >= 0.3 is 0 Å². The van der Waals surface area contributed by atoms with E-state index in [1.54, 1.807) is 0 Å². The van der Waals surface area contributed by atoms with Gasteiger partial charge in [-0.25, -0.2) is 0 Å². The Kier molecular flexibility index (Phi) is 15.2. The second-order valence-corrected chi connectivity index (χ2v) is 44.0. The van der Waals surface area contributed by atoms with Crippen LogP contribution >= 0.6 is 0 Å². The maximum absolute atomic E-state index is 6.90. The summed E-state index contributed by atoms with van der Waals surface area (Å²) in [4.78, 5) is 3.71. The van der Waals surface area contributed by atoms with E-state index in [0.717, 1.165) is 12.7 Å². The van der Waals surface area contributed by atoms with E-state index in [-0.39, 0.29) is 10.1 Å². The highest BCUT2D eigenvalue weighted by Crippen LogP contribution is 2.40. The van der Waals surface area contributed by atoms with E-state index < -0.39 is 49.9 Å². The molecule has 0 radical (unpaired) electrons. The minimum atomic E-state index is -2.03. The Hall–Kier alpha value is 0.621. The second-order valence-electron chi connectivity index (χ2n) is 16.5. The van der Waals surface area contributed by atoms with Crippen molar-refractivity contribution in [1.82, 2.24) is 9.21 Å². The molecule has 0 amide bonds. The summed E-state index contributed by atoms with van der Waals surface area (Å²) in [5, 5.41) is 0.507. The van der Waals surface area contributed by atoms with Crippen molar-refractivity contribution in [3.05, 3.63) is 24.6 Å². The van der Waals surface area contributed by atoms with Gasteiger partial charge in [-0.3, -0.25) is 0 Å². The molecule has 0 aromatic carbocycles. The predicted octanol–water partition coefficient (Wildman–Crippen LogP) is 9.62. The van der Waals surface area contributed by atoms with Gasteiger partial charge in [0.05, 0.1) is 8.07 Å². The fraction of sp³-hybridized carbons (Fsp3) is 0.857. The van der Waals surface area contributed by atoms with E-state index in [0.29, 0.717) is 0 Å². The molecular weight excluding hydrogens is 565 g/mol. The van der Waals surface area contributed by atoms with Crippen molar-refractivity contribution < 1.29 is 8.23 Å². The predicted molar refractivity (Wildman–Crippen MR) is 192 cm³/mol. The Balaban J connectivity index is 0. The number of nitrogens with one attached hydrogen (secondary N) is 1. The summed E-state index contributed by atoms with van der Waals surface area (Å²) in [5.74, 6) is 0. The molecule has 0 aliphatic rings. The monoisotopic (exact) mass is 634 g/mol. The highest BCUT2D eigenvalue weighted by atomic mass is 28.5. The summed E-state index contributed by atoms with van der Waals surface area (Å²) in [6.45, 7) is 53.7. The molecule has 0 rings (SSSR count). The molecule has 0 saturated heterocycles. The molecule has 0 bridgehead atoms. The van der Waals surface area contributed by atoms with Gasteiger partial charge in [0.25, 0.3) is 17.0 Å². The number of rotatable bonds is 13. The average Bonchev–Trinajstić information content (AvgIpc) is 2.67. The average molecular weight is 635 g/mol. The van der Waals surface area contributed by atoms with Crippen LogP contribution < -0.4 is 4.98 Å². The third kappa shape index (κ3) is 13.5. The Bertz CT molecular complexity index is 748. The molecule has 1 N–H and O–H groups in total. The van der Waals surface area contributed by atoms with Gasteiger partial charge in [-0.1, -0.05) is 99.1 Å². The molecule has 2 unspecified atom stereocenters. The van der Waals surface area contributed by atoms with Crippen LogP contribution in [0.25, 0.3) is 0 Å². The standard InChI is InChI=1S/C15H37NOSi3.C13H33NOSi3/c1-12-14-16(18(6,7)8)20(11,13-2)17-19(9,10)15(3,4)5;1-11-18(10,14-12-16(5,6)7)15-17(8,9)13(2,3)4/h13H,2,12,14H2,1,3-11H3;11,14H,1,12H2,2-10H3. The lowest BCUT2D eigenvalue weighted by Gasteiger charge is -2.50. The smallest absolute Gasteiger partial charge is 0.280 e. The van der Waals surface area contributed by atoms with Gasteiger partial charge in [-0.05, 0) is 68.5 Å². The Morgan fingerprint density at radius 1 is 0.684 bits per heavy atom. The molecule has 0 aliphatic carbocycles. The van der Waals surface area contributed by atoms with Crippen molar-refractivity contribution in [2.75, 3.05) is 12.7 Å². The SMILES string of the molecule is C=C[Si](C)(NC[Si](C)(C)C)O[Si](C)(C)C(C)(C)C.C=C[Si](C)(O[Si](C)(C)C(C)(C)C)N(CCC)[Si](C)(C)C. The zero-order chi connectivity index (χ0) is 31.2. The van der Waals surface area contributed by atoms with Crippen LogP contribution in [0.1, 0.15) is 54.9 Å². The van der Waals surface area contributed by atoms with Gasteiger partial charge in [0, 0.05) is 0 Å². The molecule has 0 heterocycles. The normalized spacial score (nSPS) is 17.3. The summed E-state index contributed by atoms with van der Waals surface area (Å²) < 4.78 is 16.2. The van der Waals surface area contributed by atoms with Crippen LogP contribution in [0, 0.1) is 0 Å². The molecule has 38 heavy (non-hydrogen) atoms. The molecule has 0 spiro atoms. The van der Waals surface area contributed by atoms with Gasteiger partial charge in [-0.2, -0.15) is 0 Å². The Labute approximate surface area is 247 Å². The lowest BCUT2D eigenvalue weighted by atomic mass is 10.2. The summed E-state index contributed by atoms with van der Waals surface area (Å²) in [6, 6.07) is 0. The third-order valence-electron chi connectivity index (χ3n) is 8.07. The van der Waals surface area contributed by atoms with Crippen LogP contribution in [0.4, 0.5) is 0 Å². The van der Waals surface area contributed by atoms with Gasteiger partial charge < -0.3 is 17.4 Å². The van der Waals surface area contributed by atoms with Gasteiger partial charge in [0.1, 0.15) is 8.24 Å². The summed E-state index contributed by atoms with van der Waals surface area (Å²) in [5.41, 5.74) is 4.20. The third-order valence-corrected chi connectivity index (χ3v) is 33.2. The van der Waals surface area contributed by atoms with Crippen LogP contribution in [-0.4, -0.2) is 66.8 Å². The first-order valence-corrected chi connectivity index (χ1v) is 32.5. The van der Waals surface area contributed by atoms with E-state index in [2.05, 4.69) is 155 Å². The molecular formula is C28H70N2O2Si6. The highest BCUT2D eigenvalue weighted by molar-refractivity contribution is 6.95. The zero-order valence-electron chi connectivity index (χ0n) is 29.5. The molecule has 0 fully saturated rings. The van der Waals surface area contributed by atoms with Gasteiger partial charge in [0.2, 0.25) is 0 Å². The molecule has 0 saturated carbocycles. The Morgan fingerprint density at radius 2 is 1.08 bits per heavy atom. The number of nitrogens with zero attached hydrogens (tertiary/aromatic N) is 1. The number of hydrogen-bond acceptors (Lipinski definition) is 4. The van der Waals surface area contributed by atoms with Crippen LogP contribution in [0.5, 0.6) is 0 Å². The van der Waals surface area contributed by atoms with E-state index in [1.165, 1.54) is 6.42 Å². The zero-order valence-corrected chi connectivity index (χ0v) is 35.5. The first kappa shape index (κ1) is 40.8. The largest absolute Gasteiger partial charge is 0.441 e. The van der Waals surface area contributed by atoms with Crippen molar-refractivity contribution in [1.29, 1.82) is 0 Å². The molecule has 0 aliphatic heterocycles. The minimum Gasteiger partial charge on any atom is -0.441 e. The van der Waals surface area contributed by atoms with Crippen LogP contribution in [0.15, 0.2) is 24.6 Å². The summed E-state index contributed by atoms with van der Waals surface area (Å²) in [6.07, 6.45) is 2.29. The minimum absolute atomic E-state index is 0.252. The molecule has 0 aromatic rings. The maximum Gasteiger partial charge on any atom is 0.280 e. The molecule has 228 valence electrons. The van der Waals surface area contributed by atoms with E-state index in [1.807, 2.05) is 5.70 Å². The van der Waals surface area contributed by atoms with Crippen molar-refractivity contribution in [3.8, 4) is 0 Å². The first-order valence-electron chi connectivity index (χ1n) is 14.6. The van der Waals surface area contributed by atoms with Crippen molar-refractivity contribution in [3.63, 3.8) is 0 Å². The van der Waals surface area contributed by atoms with E-state index in [4.69, 9.17) is 8.23 Å². The van der Waals surface area contributed by atoms with E-state index >= 15 is 0 Å². The summed E-state index contributed by atoms with van der Waals surface area (Å²) >= 11 is 0. The Morgan fingerprint density at radius 3 is 1.34 bits per heavy atom. The molecule has 10 heteroatoms. The van der Waals surface area contributed by atoms with Crippen molar-refractivity contribution >= 4 is 49.9 Å². The molecule has 2 atom stereocenters. The van der Waals surface area contributed by atoms with Crippen molar-refractivity contribution in [2.45, 2.75) is 144 Å². The highest BCUT2D eigenvalue weighted by Gasteiger charge is 2.48. The van der Waals surface area contributed by atoms with Crippen LogP contribution in [-0.2, 0) is 8.23 Å². The van der Waals surface area contributed by atoms with Gasteiger partial charge in [0.15, 0.2) is 16.6 Å². The van der Waals surface area contributed by atoms with Gasteiger partial charge in [-0.15, -0.1) is 13.2 Å². The second kappa shape index (κ2) is 14.2. The lowest BCUT2D eigenvalue weighted by molar-refractivity contribution is 0.424. The summed E-state index contributed by atoms with van der Waals surface area (Å²) in [7, 11) is -9.97. The number of hydrogen-bond donors (Lipinski definition) is 1. The maximum atomic E-state index is 6.90. The fourth-order valence-corrected chi connectivity index (χ4v) is 27.3. The van der Waals surface area contributed by atoms with Crippen LogP contribution in [0.2, 0.25) is 88.6 Å². The van der Waals surface area contributed by atoms with E-state index in [9.17, 15) is 0 Å². The first-order chi connectivity index (χ1) is 16.4. The van der Waals surface area contributed by atoms with Crippen LogP contribution in [0.3, 0.4) is 0 Å². The van der Waals surface area contributed by atoms with Crippen molar-refractivity contribution in [2.24, 2.45) is 0 Å². The quantitative estimate of drug-likeness (QED) is 0.205. The topological polar surface area (TPSA) is 33.7 Å². The molecule has 0 aromatic heterocycles. The molecule has 4 nitrogen and oxygen atoms in total.